The Kier molecular flexibility index (Phi) is 19.5. The summed E-state index contributed by atoms with van der Waals surface area (Å²) in [7, 11) is 0. The predicted octanol–water partition coefficient (Wildman–Crippen LogP) is 1.13. The molecule has 0 saturated heterocycles. The summed E-state index contributed by atoms with van der Waals surface area (Å²) in [4.78, 5) is 0. The van der Waals surface area contributed by atoms with E-state index in [4.69, 9.17) is 0 Å². The monoisotopic (exact) mass is 1760 g/mol. The first kappa shape index (κ1) is 59.0. The first-order valence-corrected chi connectivity index (χ1v) is 45.1. The van der Waals surface area contributed by atoms with Gasteiger partial charge in [-0.25, -0.2) is 0 Å². The van der Waals surface area contributed by atoms with Crippen molar-refractivity contribution in [2.75, 3.05) is 0 Å². The van der Waals surface area contributed by atoms with Crippen molar-refractivity contribution in [3.63, 3.8) is 0 Å². The molecule has 0 heterocycles. The number of rotatable bonds is 20. The van der Waals surface area contributed by atoms with E-state index in [0.29, 0.717) is 0 Å². The third-order valence-corrected chi connectivity index (χ3v) is 41.4. The third kappa shape index (κ3) is 13.3. The van der Waals surface area contributed by atoms with E-state index < -0.39 is 0 Å². The fourth-order valence-electron chi connectivity index (χ4n) is 10.2. The summed E-state index contributed by atoms with van der Waals surface area (Å²) in [6, 6.07) is 116. The van der Waals surface area contributed by atoms with Gasteiger partial charge in [-0.15, -0.1) is 0 Å². The van der Waals surface area contributed by atoms with Crippen molar-refractivity contribution >= 4 is 271 Å². The van der Waals surface area contributed by atoms with Gasteiger partial charge in [0.25, 0.3) is 0 Å². The molecule has 0 N–H and O–H groups in total. The summed E-state index contributed by atoms with van der Waals surface area (Å²) in [6.07, 6.45) is 0. The Labute approximate surface area is 567 Å². The van der Waals surface area contributed by atoms with Crippen LogP contribution in [0.3, 0.4) is 0 Å². The molecular weight excluding hydrogens is 1700 g/mol. The fraction of sp³-hybridized carbons (Fsp3) is 0. The molecule has 0 bridgehead atoms. The van der Waals surface area contributed by atoms with E-state index in [1.807, 2.05) is 0 Å². The van der Waals surface area contributed by atoms with E-state index >= 15 is 0 Å². The van der Waals surface area contributed by atoms with Gasteiger partial charge in [0.2, 0.25) is 0 Å². The van der Waals surface area contributed by atoms with Crippen molar-refractivity contribution in [2.24, 2.45) is 0 Å². The molecule has 0 radical (unpaired) electrons. The Morgan fingerprint density at radius 3 is 0.337 bits per heavy atom. The van der Waals surface area contributed by atoms with Crippen LogP contribution in [-0.4, -0.2) is 150 Å². The summed E-state index contributed by atoms with van der Waals surface area (Å²) < 4.78 is 30.4. The van der Waals surface area contributed by atoms with Crippen molar-refractivity contribution in [1.82, 2.24) is 0 Å². The molecule has 0 aliphatic rings. The second kappa shape index (κ2) is 28.4. The van der Waals surface area contributed by atoms with Crippen molar-refractivity contribution in [3.8, 4) is 0 Å². The van der Waals surface area contributed by atoms with Crippen LogP contribution in [0.15, 0.2) is 303 Å². The number of hydrogen-bond donors (Lipinski definition) is 0. The van der Waals surface area contributed by atoms with Crippen molar-refractivity contribution in [2.45, 2.75) is 0 Å². The molecule has 0 unspecified atom stereocenters. The van der Waals surface area contributed by atoms with Gasteiger partial charge in [0.1, 0.15) is 0 Å². The normalized spacial score (nSPS) is 11.5. The van der Waals surface area contributed by atoms with Crippen LogP contribution in [0.5, 0.6) is 0 Å². The average Bonchev–Trinajstić information content (AvgIpc) is 1.41. The molecule has 10 heteroatoms. The van der Waals surface area contributed by atoms with Gasteiger partial charge in [0.05, 0.1) is 0 Å². The van der Waals surface area contributed by atoms with Gasteiger partial charge >= 0.3 is 574 Å². The molecule has 0 saturated carbocycles. The molecule has 14 aromatic carbocycles. The van der Waals surface area contributed by atoms with E-state index in [1.165, 1.54) is 44.6 Å². The van der Waals surface area contributed by atoms with E-state index in [1.54, 1.807) is 76.9 Å². The predicted molar refractivity (Wildman–Crippen MR) is 385 cm³/mol. The second-order valence-electron chi connectivity index (χ2n) is 19.7. The first-order chi connectivity index (χ1) is 42.7. The number of hydrogen-bond acceptors (Lipinski definition) is 0. The van der Waals surface area contributed by atoms with Crippen LogP contribution in [0.1, 0.15) is 0 Å². The van der Waals surface area contributed by atoms with Gasteiger partial charge in [-0.05, 0) is 0 Å². The van der Waals surface area contributed by atoms with Gasteiger partial charge in [-0.3, -0.25) is 0 Å². The fourth-order valence-corrected chi connectivity index (χ4v) is 38.8. The number of benzene rings is 14. The van der Waals surface area contributed by atoms with Gasteiger partial charge in [-0.1, -0.05) is 0 Å². The van der Waals surface area contributed by atoms with E-state index in [9.17, 15) is 0 Å². The molecule has 0 atom stereocenters. The maximum atomic E-state index is 2.44. The zero-order valence-electron chi connectivity index (χ0n) is 45.9. The molecule has 0 spiro atoms. The molecule has 0 fully saturated rings. The standard InChI is InChI=1S/C76H50Se10/c1-11-31-51(32-12-1)77-67-63-61-62-64(68(67)78-52-33-13-2-14-34-52)72(82-56-41-21-6-22-42-56)76(86-60-49-29-10-30-50-60)74(84-58-45-25-8-26-46-58)66(62)70(80-54-37-17-4-18-38-54)69(79-53-35-15-3-16-36-53)65(61)73(83-57-43-23-7-24-44-57)75(85-59-47-27-9-28-48-59)71(63)81-55-39-19-5-20-40-55/h1-50H. The molecule has 0 aliphatic heterocycles. The van der Waals surface area contributed by atoms with E-state index in [-0.39, 0.29) is 150 Å². The summed E-state index contributed by atoms with van der Waals surface area (Å²) in [5, 5.41) is 9.39. The second-order valence-corrected chi connectivity index (χ2v) is 42.4. The van der Waals surface area contributed by atoms with Crippen LogP contribution >= 0.6 is 0 Å². The Morgan fingerprint density at radius 1 is 0.105 bits per heavy atom. The topological polar surface area (TPSA) is 0 Å². The maximum absolute atomic E-state index is 2.44. The quantitative estimate of drug-likeness (QED) is 0.0795. The minimum absolute atomic E-state index is 0.0124. The Bertz CT molecular complexity index is 4020. The average molecular weight is 1750 g/mol. The molecule has 86 heavy (non-hydrogen) atoms. The molecule has 0 aromatic heterocycles. The van der Waals surface area contributed by atoms with Crippen molar-refractivity contribution in [3.05, 3.63) is 303 Å². The van der Waals surface area contributed by atoms with Crippen LogP contribution in [0.25, 0.3) is 32.3 Å². The SMILES string of the molecule is c1ccc([Se]c2c([Se]c3ccccc3)c3c([Se]c4ccccc4)c([Se]c4ccccc4)c4c([Se]c5ccccc5)c([Se]c5ccccc5)c([Se]c5ccccc5)c5c([Se]c6ccccc6)c([Se]c6ccccc6)c(c2[Se]c2ccccc2)c3c45)cc1. The van der Waals surface area contributed by atoms with Crippen LogP contribution in [0.2, 0.25) is 0 Å². The third-order valence-electron chi connectivity index (χ3n) is 13.9. The Morgan fingerprint density at radius 2 is 0.209 bits per heavy atom. The summed E-state index contributed by atoms with van der Waals surface area (Å²) in [5.74, 6) is 0. The molecule has 0 aliphatic carbocycles. The molecular formula is C76H50Se10. The Balaban J connectivity index is 1.31. The van der Waals surface area contributed by atoms with Crippen molar-refractivity contribution in [1.29, 1.82) is 0 Å². The summed E-state index contributed by atoms with van der Waals surface area (Å²) >= 11 is -0.387. The minimum atomic E-state index is -0.0551. The van der Waals surface area contributed by atoms with Gasteiger partial charge in [0, 0.05) is 0 Å². The molecule has 0 amide bonds. The van der Waals surface area contributed by atoms with Crippen molar-refractivity contribution < 1.29 is 0 Å². The van der Waals surface area contributed by atoms with Crippen LogP contribution in [-0.2, 0) is 0 Å². The van der Waals surface area contributed by atoms with Crippen LogP contribution in [0.4, 0.5) is 0 Å². The molecule has 14 aromatic rings. The van der Waals surface area contributed by atoms with Gasteiger partial charge in [-0.2, -0.15) is 0 Å². The zero-order chi connectivity index (χ0) is 57.4. The molecule has 14 rings (SSSR count). The summed E-state index contributed by atoms with van der Waals surface area (Å²) in [6.45, 7) is 0. The van der Waals surface area contributed by atoms with E-state index in [0.717, 1.165) is 0 Å². The van der Waals surface area contributed by atoms with Gasteiger partial charge in [0.15, 0.2) is 0 Å². The molecule has 414 valence electrons. The molecule has 0 nitrogen and oxygen atoms in total. The van der Waals surface area contributed by atoms with Gasteiger partial charge < -0.3 is 0 Å². The van der Waals surface area contributed by atoms with Crippen LogP contribution in [0, 0.1) is 0 Å². The Hall–Kier alpha value is -4.69. The first-order valence-electron chi connectivity index (χ1n) is 27.9. The zero-order valence-corrected chi connectivity index (χ0v) is 63.1. The van der Waals surface area contributed by atoms with E-state index in [2.05, 4.69) is 303 Å². The van der Waals surface area contributed by atoms with Crippen LogP contribution < -0.4 is 89.2 Å². The summed E-state index contributed by atoms with van der Waals surface area (Å²) in [5.41, 5.74) is 0.